The summed E-state index contributed by atoms with van der Waals surface area (Å²) < 4.78 is 67.6. The predicted molar refractivity (Wildman–Crippen MR) is 62.2 cm³/mol. The highest BCUT2D eigenvalue weighted by atomic mass is 79.9. The first-order valence-corrected chi connectivity index (χ1v) is 6.16. The number of halogens is 6. The van der Waals surface area contributed by atoms with Crippen LogP contribution in [0.4, 0.5) is 22.0 Å². The summed E-state index contributed by atoms with van der Waals surface area (Å²) in [4.78, 5) is 14.7. The molecule has 0 aliphatic rings. The van der Waals surface area contributed by atoms with Crippen molar-refractivity contribution in [2.24, 2.45) is 0 Å². The molecule has 0 atom stereocenters. The van der Waals surface area contributed by atoms with Crippen LogP contribution >= 0.6 is 15.9 Å². The number of pyridine rings is 1. The minimum atomic E-state index is -4.99. The Hall–Kier alpha value is -1.25. The number of carbonyl (C=O) groups is 1. The van der Waals surface area contributed by atoms with Crippen molar-refractivity contribution in [1.82, 2.24) is 4.98 Å². The Morgan fingerprint density at radius 3 is 2.50 bits per heavy atom. The van der Waals surface area contributed by atoms with E-state index in [2.05, 4.69) is 25.7 Å². The van der Waals surface area contributed by atoms with Crippen molar-refractivity contribution in [3.8, 4) is 0 Å². The standard InChI is InChI=1S/C11H9BrF5NO2/c1-2-20-7(19)3-6-9(12)8(11(15,16)17)5(4-18-6)10(13)14/h4,10H,2-3H2,1H3. The number of alkyl halides is 5. The van der Waals surface area contributed by atoms with Crippen molar-refractivity contribution in [2.75, 3.05) is 6.61 Å². The van der Waals surface area contributed by atoms with Gasteiger partial charge < -0.3 is 4.74 Å². The molecule has 1 heterocycles. The van der Waals surface area contributed by atoms with Gasteiger partial charge in [0.05, 0.1) is 28.8 Å². The molecule has 0 bridgehead atoms. The second-order valence-corrected chi connectivity index (χ2v) is 4.42. The van der Waals surface area contributed by atoms with Gasteiger partial charge in [0.15, 0.2) is 0 Å². The highest BCUT2D eigenvalue weighted by molar-refractivity contribution is 9.10. The van der Waals surface area contributed by atoms with Crippen molar-refractivity contribution in [3.05, 3.63) is 27.5 Å². The average Bonchev–Trinajstić information content (AvgIpc) is 2.29. The molecule has 112 valence electrons. The lowest BCUT2D eigenvalue weighted by Gasteiger charge is -2.16. The van der Waals surface area contributed by atoms with Crippen LogP contribution in [0.3, 0.4) is 0 Å². The van der Waals surface area contributed by atoms with Gasteiger partial charge in [-0.15, -0.1) is 0 Å². The summed E-state index contributed by atoms with van der Waals surface area (Å²) in [6.07, 6.45) is -8.43. The Kier molecular flexibility index (Phi) is 5.43. The fourth-order valence-corrected chi connectivity index (χ4v) is 2.16. The smallest absolute Gasteiger partial charge is 0.418 e. The number of carbonyl (C=O) groups excluding carboxylic acids is 1. The molecule has 0 amide bonds. The van der Waals surface area contributed by atoms with Gasteiger partial charge in [0, 0.05) is 11.8 Å². The van der Waals surface area contributed by atoms with Crippen LogP contribution < -0.4 is 0 Å². The molecular formula is C11H9BrF5NO2. The van der Waals surface area contributed by atoms with Crippen molar-refractivity contribution in [3.63, 3.8) is 0 Å². The third-order valence-electron chi connectivity index (χ3n) is 2.26. The first-order valence-electron chi connectivity index (χ1n) is 5.36. The summed E-state index contributed by atoms with van der Waals surface area (Å²) in [6.45, 7) is 1.58. The number of ether oxygens (including phenoxy) is 1. The second-order valence-electron chi connectivity index (χ2n) is 3.63. The quantitative estimate of drug-likeness (QED) is 0.602. The van der Waals surface area contributed by atoms with Crippen LogP contribution in [0.1, 0.15) is 30.2 Å². The molecule has 0 N–H and O–H groups in total. The zero-order chi connectivity index (χ0) is 15.5. The molecule has 1 aromatic rings. The summed E-state index contributed by atoms with van der Waals surface area (Å²) in [6, 6.07) is 0. The van der Waals surface area contributed by atoms with E-state index >= 15 is 0 Å². The Morgan fingerprint density at radius 1 is 1.45 bits per heavy atom. The maximum Gasteiger partial charge on any atom is 0.418 e. The largest absolute Gasteiger partial charge is 0.466 e. The zero-order valence-electron chi connectivity index (χ0n) is 10.1. The highest BCUT2D eigenvalue weighted by Gasteiger charge is 2.39. The van der Waals surface area contributed by atoms with E-state index in [0.717, 1.165) is 0 Å². The van der Waals surface area contributed by atoms with Gasteiger partial charge in [-0.1, -0.05) is 0 Å². The lowest BCUT2D eigenvalue weighted by atomic mass is 10.1. The first-order chi connectivity index (χ1) is 9.18. The molecule has 0 saturated carbocycles. The number of nitrogens with zero attached hydrogens (tertiary/aromatic N) is 1. The molecule has 1 rings (SSSR count). The van der Waals surface area contributed by atoms with E-state index in [9.17, 15) is 26.7 Å². The van der Waals surface area contributed by atoms with Crippen molar-refractivity contribution in [1.29, 1.82) is 0 Å². The van der Waals surface area contributed by atoms with Gasteiger partial charge in [0.2, 0.25) is 0 Å². The van der Waals surface area contributed by atoms with Gasteiger partial charge in [0.1, 0.15) is 0 Å². The van der Waals surface area contributed by atoms with E-state index in [1.54, 1.807) is 0 Å². The van der Waals surface area contributed by atoms with E-state index in [0.29, 0.717) is 6.20 Å². The third-order valence-corrected chi connectivity index (χ3v) is 3.11. The molecule has 0 aromatic carbocycles. The van der Waals surface area contributed by atoms with E-state index in [1.165, 1.54) is 6.92 Å². The van der Waals surface area contributed by atoms with Gasteiger partial charge in [-0.3, -0.25) is 9.78 Å². The molecule has 0 fully saturated rings. The topological polar surface area (TPSA) is 39.2 Å². The number of esters is 1. The lowest BCUT2D eigenvalue weighted by molar-refractivity contribution is -0.143. The predicted octanol–water partition coefficient (Wildman–Crippen LogP) is 3.91. The summed E-state index contributed by atoms with van der Waals surface area (Å²) >= 11 is 2.59. The molecule has 9 heteroatoms. The van der Waals surface area contributed by atoms with Gasteiger partial charge >= 0.3 is 12.1 Å². The van der Waals surface area contributed by atoms with Crippen LogP contribution in [-0.2, 0) is 22.1 Å². The molecule has 0 saturated heterocycles. The van der Waals surface area contributed by atoms with Crippen LogP contribution in [0.25, 0.3) is 0 Å². The van der Waals surface area contributed by atoms with Crippen LogP contribution in [0.2, 0.25) is 0 Å². The number of hydrogen-bond acceptors (Lipinski definition) is 3. The van der Waals surface area contributed by atoms with Gasteiger partial charge in [-0.2, -0.15) is 13.2 Å². The van der Waals surface area contributed by atoms with Gasteiger partial charge in [0.25, 0.3) is 6.43 Å². The van der Waals surface area contributed by atoms with Crippen LogP contribution in [-0.4, -0.2) is 17.6 Å². The minimum absolute atomic E-state index is 0.0533. The maximum atomic E-state index is 12.8. The minimum Gasteiger partial charge on any atom is -0.466 e. The summed E-state index contributed by atoms with van der Waals surface area (Å²) in [7, 11) is 0. The van der Waals surface area contributed by atoms with Crippen molar-refractivity contribution in [2.45, 2.75) is 25.9 Å². The molecule has 20 heavy (non-hydrogen) atoms. The molecule has 0 unspecified atom stereocenters. The molecule has 0 radical (unpaired) electrons. The second kappa shape index (κ2) is 6.47. The molecule has 1 aromatic heterocycles. The molecule has 0 aliphatic heterocycles. The molecule has 0 spiro atoms. The van der Waals surface area contributed by atoms with Crippen LogP contribution in [0, 0.1) is 0 Å². The third kappa shape index (κ3) is 3.87. The zero-order valence-corrected chi connectivity index (χ0v) is 11.7. The van der Waals surface area contributed by atoms with Crippen molar-refractivity contribution < 1.29 is 31.5 Å². The molecule has 3 nitrogen and oxygen atoms in total. The van der Waals surface area contributed by atoms with Crippen LogP contribution in [0.5, 0.6) is 0 Å². The number of hydrogen-bond donors (Lipinski definition) is 0. The Labute approximate surface area is 119 Å². The average molecular weight is 362 g/mol. The number of aromatic nitrogens is 1. The Morgan fingerprint density at radius 2 is 2.05 bits per heavy atom. The highest BCUT2D eigenvalue weighted by Crippen LogP contribution is 2.41. The first kappa shape index (κ1) is 16.8. The number of rotatable bonds is 4. The van der Waals surface area contributed by atoms with Crippen molar-refractivity contribution >= 4 is 21.9 Å². The van der Waals surface area contributed by atoms with E-state index in [-0.39, 0.29) is 12.3 Å². The lowest BCUT2D eigenvalue weighted by Crippen LogP contribution is -2.16. The summed E-state index contributed by atoms with van der Waals surface area (Å²) in [5.74, 6) is -0.793. The van der Waals surface area contributed by atoms with E-state index in [1.807, 2.05) is 0 Å². The monoisotopic (exact) mass is 361 g/mol. The normalized spacial score (nSPS) is 11.8. The molecular weight excluding hydrogens is 353 g/mol. The Bertz CT molecular complexity index is 504. The maximum absolute atomic E-state index is 12.8. The molecule has 0 aliphatic carbocycles. The fraction of sp³-hybridized carbons (Fsp3) is 0.455. The van der Waals surface area contributed by atoms with Crippen LogP contribution in [0.15, 0.2) is 10.7 Å². The van der Waals surface area contributed by atoms with Gasteiger partial charge in [-0.25, -0.2) is 8.78 Å². The summed E-state index contributed by atoms with van der Waals surface area (Å²) in [5.41, 5.74) is -3.07. The van der Waals surface area contributed by atoms with Gasteiger partial charge in [-0.05, 0) is 22.9 Å². The SMILES string of the molecule is CCOC(=O)Cc1ncc(C(F)F)c(C(F)(F)F)c1Br. The van der Waals surface area contributed by atoms with E-state index < -0.39 is 40.6 Å². The fourth-order valence-electron chi connectivity index (χ4n) is 1.47. The summed E-state index contributed by atoms with van der Waals surface area (Å²) in [5, 5.41) is 0. The Balaban J connectivity index is 3.28. The van der Waals surface area contributed by atoms with E-state index in [4.69, 9.17) is 0 Å².